The van der Waals surface area contributed by atoms with E-state index in [1.807, 2.05) is 29.4 Å². The third kappa shape index (κ3) is 3.48. The maximum Gasteiger partial charge on any atom is 0.233 e. The van der Waals surface area contributed by atoms with Gasteiger partial charge in [0.15, 0.2) is 0 Å². The molecule has 1 aliphatic heterocycles. The van der Waals surface area contributed by atoms with Crippen molar-refractivity contribution in [2.24, 2.45) is 0 Å². The molecule has 0 bridgehead atoms. The number of hydrogen-bond donors (Lipinski definition) is 1. The zero-order valence-corrected chi connectivity index (χ0v) is 13.7. The molecule has 1 fully saturated rings. The number of hydrazine groups is 1. The molecule has 6 nitrogen and oxygen atoms in total. The molecule has 0 atom stereocenters. The van der Waals surface area contributed by atoms with Gasteiger partial charge in [0, 0.05) is 43.7 Å². The van der Waals surface area contributed by atoms with E-state index in [-0.39, 0.29) is 5.91 Å². The molecule has 1 saturated heterocycles. The van der Waals surface area contributed by atoms with Crippen LogP contribution < -0.4 is 4.74 Å². The molecular formula is C17H23N3O3. The van der Waals surface area contributed by atoms with Gasteiger partial charge in [-0.1, -0.05) is 0 Å². The fraction of sp³-hybridized carbons (Fsp3) is 0.471. The molecule has 1 aromatic carbocycles. The molecule has 124 valence electrons. The molecule has 0 saturated carbocycles. The summed E-state index contributed by atoms with van der Waals surface area (Å²) in [5.41, 5.74) is 2.28. The predicted octanol–water partition coefficient (Wildman–Crippen LogP) is 1.81. The number of ether oxygens (including phenoxy) is 2. The molecule has 3 rings (SSSR count). The van der Waals surface area contributed by atoms with Crippen LogP contribution in [0.25, 0.3) is 10.9 Å². The minimum absolute atomic E-state index is 0.0734. The summed E-state index contributed by atoms with van der Waals surface area (Å²) in [6.07, 6.45) is 2.81. The average Bonchev–Trinajstić information content (AvgIpc) is 2.98. The quantitative estimate of drug-likeness (QED) is 0.914. The van der Waals surface area contributed by atoms with Crippen molar-refractivity contribution < 1.29 is 14.3 Å². The predicted molar refractivity (Wildman–Crippen MR) is 88.3 cm³/mol. The summed E-state index contributed by atoms with van der Waals surface area (Å²) < 4.78 is 10.7. The number of hydrogen-bond acceptors (Lipinski definition) is 4. The second kappa shape index (κ2) is 7.02. The van der Waals surface area contributed by atoms with Gasteiger partial charge in [0.2, 0.25) is 5.91 Å². The lowest BCUT2D eigenvalue weighted by molar-refractivity contribution is -0.154. The highest BCUT2D eigenvalue weighted by atomic mass is 16.5. The standard InChI is InChI=1S/C17H23N3O3/c1-13(21)20(19-7-9-23-10-8-19)6-5-14-12-18-17-4-3-15(22-2)11-16(14)17/h3-4,11-12,18H,5-10H2,1-2H3. The van der Waals surface area contributed by atoms with E-state index in [1.54, 1.807) is 14.0 Å². The third-order valence-electron chi connectivity index (χ3n) is 4.26. The van der Waals surface area contributed by atoms with E-state index in [0.29, 0.717) is 19.8 Å². The first-order valence-electron chi connectivity index (χ1n) is 7.94. The number of benzene rings is 1. The van der Waals surface area contributed by atoms with Gasteiger partial charge in [-0.15, -0.1) is 0 Å². The van der Waals surface area contributed by atoms with Crippen molar-refractivity contribution in [1.29, 1.82) is 0 Å². The van der Waals surface area contributed by atoms with Gasteiger partial charge in [0.25, 0.3) is 0 Å². The van der Waals surface area contributed by atoms with Crippen LogP contribution >= 0.6 is 0 Å². The van der Waals surface area contributed by atoms with Gasteiger partial charge < -0.3 is 14.5 Å². The van der Waals surface area contributed by atoms with Crippen LogP contribution in [0.1, 0.15) is 12.5 Å². The zero-order valence-electron chi connectivity index (χ0n) is 13.7. The number of nitrogens with one attached hydrogen (secondary N) is 1. The Hall–Kier alpha value is -2.05. The fourth-order valence-corrected chi connectivity index (χ4v) is 3.01. The number of H-pyrrole nitrogens is 1. The Kier molecular flexibility index (Phi) is 4.83. The normalized spacial score (nSPS) is 15.7. The maximum absolute atomic E-state index is 12.0. The molecule has 1 N–H and O–H groups in total. The Balaban J connectivity index is 1.74. The molecule has 23 heavy (non-hydrogen) atoms. The van der Waals surface area contributed by atoms with Gasteiger partial charge in [-0.2, -0.15) is 0 Å². The minimum Gasteiger partial charge on any atom is -0.497 e. The van der Waals surface area contributed by atoms with Crippen LogP contribution in [0.4, 0.5) is 0 Å². The minimum atomic E-state index is 0.0734. The third-order valence-corrected chi connectivity index (χ3v) is 4.26. The van der Waals surface area contributed by atoms with E-state index in [9.17, 15) is 4.79 Å². The summed E-state index contributed by atoms with van der Waals surface area (Å²) in [6, 6.07) is 5.99. The fourth-order valence-electron chi connectivity index (χ4n) is 3.01. The first kappa shape index (κ1) is 15.8. The maximum atomic E-state index is 12.0. The summed E-state index contributed by atoms with van der Waals surface area (Å²) in [6.45, 7) is 5.16. The lowest BCUT2D eigenvalue weighted by Gasteiger charge is -2.36. The Morgan fingerprint density at radius 2 is 2.17 bits per heavy atom. The number of carbonyl (C=O) groups is 1. The number of methoxy groups -OCH3 is 1. The molecule has 6 heteroatoms. The molecular weight excluding hydrogens is 294 g/mol. The summed E-state index contributed by atoms with van der Waals surface area (Å²) in [4.78, 5) is 15.3. The first-order chi connectivity index (χ1) is 11.2. The van der Waals surface area contributed by atoms with Crippen LogP contribution in [0.3, 0.4) is 0 Å². The molecule has 0 aliphatic carbocycles. The van der Waals surface area contributed by atoms with Crippen molar-refractivity contribution in [3.63, 3.8) is 0 Å². The summed E-state index contributed by atoms with van der Waals surface area (Å²) in [7, 11) is 1.67. The van der Waals surface area contributed by atoms with E-state index < -0.39 is 0 Å². The average molecular weight is 317 g/mol. The second-order valence-electron chi connectivity index (χ2n) is 5.68. The topological polar surface area (TPSA) is 57.8 Å². The molecule has 0 spiro atoms. The molecule has 2 heterocycles. The summed E-state index contributed by atoms with van der Waals surface area (Å²) in [5.74, 6) is 0.916. The van der Waals surface area contributed by atoms with Crippen molar-refractivity contribution in [2.45, 2.75) is 13.3 Å². The van der Waals surface area contributed by atoms with Crippen LogP contribution in [0.15, 0.2) is 24.4 Å². The van der Waals surface area contributed by atoms with Crippen molar-refractivity contribution in [1.82, 2.24) is 15.0 Å². The number of aromatic nitrogens is 1. The Morgan fingerprint density at radius 1 is 1.39 bits per heavy atom. The zero-order chi connectivity index (χ0) is 16.2. The van der Waals surface area contributed by atoms with Gasteiger partial charge in [0.05, 0.1) is 20.3 Å². The highest BCUT2D eigenvalue weighted by Crippen LogP contribution is 2.24. The Labute approximate surface area is 135 Å². The summed E-state index contributed by atoms with van der Waals surface area (Å²) in [5, 5.41) is 5.07. The highest BCUT2D eigenvalue weighted by Gasteiger charge is 2.21. The number of amides is 1. The largest absolute Gasteiger partial charge is 0.497 e. The molecule has 1 aromatic heterocycles. The molecule has 0 unspecified atom stereocenters. The van der Waals surface area contributed by atoms with Crippen molar-refractivity contribution in [3.05, 3.63) is 30.0 Å². The summed E-state index contributed by atoms with van der Waals surface area (Å²) >= 11 is 0. The Bertz CT molecular complexity index is 677. The van der Waals surface area contributed by atoms with E-state index in [4.69, 9.17) is 9.47 Å². The van der Waals surface area contributed by atoms with Gasteiger partial charge >= 0.3 is 0 Å². The smallest absolute Gasteiger partial charge is 0.233 e. The number of aromatic amines is 1. The number of fused-ring (bicyclic) bond motifs is 1. The molecule has 0 radical (unpaired) electrons. The van der Waals surface area contributed by atoms with Gasteiger partial charge in [-0.25, -0.2) is 5.01 Å². The second-order valence-corrected chi connectivity index (χ2v) is 5.68. The number of rotatable bonds is 5. The Morgan fingerprint density at radius 3 is 2.87 bits per heavy atom. The van der Waals surface area contributed by atoms with E-state index in [1.165, 1.54) is 5.56 Å². The van der Waals surface area contributed by atoms with Gasteiger partial charge in [0.1, 0.15) is 5.75 Å². The number of carbonyl (C=O) groups excluding carboxylic acids is 1. The van der Waals surface area contributed by atoms with Crippen LogP contribution in [0, 0.1) is 0 Å². The number of morpholine rings is 1. The molecule has 1 aliphatic rings. The molecule has 2 aromatic rings. The van der Waals surface area contributed by atoms with Crippen molar-refractivity contribution in [3.8, 4) is 5.75 Å². The monoisotopic (exact) mass is 317 g/mol. The van der Waals surface area contributed by atoms with E-state index in [2.05, 4.69) is 9.99 Å². The van der Waals surface area contributed by atoms with Crippen LogP contribution in [-0.4, -0.2) is 60.9 Å². The highest BCUT2D eigenvalue weighted by molar-refractivity contribution is 5.84. The van der Waals surface area contributed by atoms with Crippen LogP contribution in [-0.2, 0) is 16.0 Å². The van der Waals surface area contributed by atoms with Crippen LogP contribution in [0.5, 0.6) is 5.75 Å². The lowest BCUT2D eigenvalue weighted by Crippen LogP contribution is -2.51. The first-order valence-corrected chi connectivity index (χ1v) is 7.94. The van der Waals surface area contributed by atoms with E-state index in [0.717, 1.165) is 36.2 Å². The van der Waals surface area contributed by atoms with E-state index >= 15 is 0 Å². The number of nitrogens with zero attached hydrogens (tertiary/aromatic N) is 2. The van der Waals surface area contributed by atoms with Crippen LogP contribution in [0.2, 0.25) is 0 Å². The van der Waals surface area contributed by atoms with Gasteiger partial charge in [-0.3, -0.25) is 9.80 Å². The SMILES string of the molecule is COc1ccc2[nH]cc(CCN(C(C)=O)N3CCOCC3)c2c1. The van der Waals surface area contributed by atoms with Crippen molar-refractivity contribution >= 4 is 16.8 Å². The lowest BCUT2D eigenvalue weighted by atomic mass is 10.1. The van der Waals surface area contributed by atoms with Gasteiger partial charge in [-0.05, 0) is 30.2 Å². The van der Waals surface area contributed by atoms with Crippen molar-refractivity contribution in [2.75, 3.05) is 40.0 Å². The molecule has 1 amide bonds.